The van der Waals surface area contributed by atoms with Crippen LogP contribution in [0.15, 0.2) is 34.9 Å². The molecule has 0 spiro atoms. The molecule has 16 heavy (non-hydrogen) atoms. The molecule has 0 radical (unpaired) electrons. The third-order valence-corrected chi connectivity index (χ3v) is 2.18. The summed E-state index contributed by atoms with van der Waals surface area (Å²) in [4.78, 5) is 11.2. The summed E-state index contributed by atoms with van der Waals surface area (Å²) in [7, 11) is 0. The van der Waals surface area contributed by atoms with E-state index in [4.69, 9.17) is 10.4 Å². The second kappa shape index (κ2) is 4.16. The van der Waals surface area contributed by atoms with Gasteiger partial charge < -0.3 is 4.52 Å². The number of hydrazine groups is 1. The van der Waals surface area contributed by atoms with E-state index in [1.54, 1.807) is 6.07 Å². The van der Waals surface area contributed by atoms with Crippen molar-refractivity contribution in [3.8, 4) is 11.3 Å². The van der Waals surface area contributed by atoms with Crippen molar-refractivity contribution in [2.24, 2.45) is 5.84 Å². The van der Waals surface area contributed by atoms with Gasteiger partial charge in [-0.1, -0.05) is 28.9 Å². The maximum absolute atomic E-state index is 11.2. The molecular formula is C11H11N3O2. The number of nitrogens with one attached hydrogen (secondary N) is 1. The summed E-state index contributed by atoms with van der Waals surface area (Å²) in [5.41, 5.74) is 4.15. The van der Waals surface area contributed by atoms with Gasteiger partial charge in [-0.3, -0.25) is 10.2 Å². The van der Waals surface area contributed by atoms with Gasteiger partial charge in [-0.15, -0.1) is 0 Å². The smallest absolute Gasteiger partial charge is 0.287 e. The lowest BCUT2D eigenvalue weighted by Crippen LogP contribution is -2.30. The third kappa shape index (κ3) is 1.94. The Morgan fingerprint density at radius 1 is 1.44 bits per heavy atom. The predicted molar refractivity (Wildman–Crippen MR) is 58.3 cm³/mol. The van der Waals surface area contributed by atoms with Crippen LogP contribution < -0.4 is 11.3 Å². The Balaban J connectivity index is 2.35. The summed E-state index contributed by atoms with van der Waals surface area (Å²) in [6.07, 6.45) is 0. The van der Waals surface area contributed by atoms with Crippen molar-refractivity contribution in [3.05, 3.63) is 41.6 Å². The Kier molecular flexibility index (Phi) is 2.70. The van der Waals surface area contributed by atoms with Gasteiger partial charge in [0.1, 0.15) is 0 Å². The Hall–Kier alpha value is -2.14. The molecule has 1 aromatic heterocycles. The van der Waals surface area contributed by atoms with Crippen LogP contribution in [0.25, 0.3) is 11.3 Å². The number of nitrogens with two attached hydrogens (primary N) is 1. The molecule has 0 aliphatic rings. The molecule has 1 aromatic carbocycles. The molecule has 0 aliphatic carbocycles. The Labute approximate surface area is 92.2 Å². The summed E-state index contributed by atoms with van der Waals surface area (Å²) in [5, 5.41) is 3.63. The highest BCUT2D eigenvalue weighted by atomic mass is 16.5. The van der Waals surface area contributed by atoms with Gasteiger partial charge in [0, 0.05) is 11.6 Å². The van der Waals surface area contributed by atoms with Gasteiger partial charge in [-0.05, 0) is 13.0 Å². The molecule has 5 nitrogen and oxygen atoms in total. The molecule has 1 heterocycles. The zero-order valence-corrected chi connectivity index (χ0v) is 8.73. The Morgan fingerprint density at radius 2 is 2.25 bits per heavy atom. The van der Waals surface area contributed by atoms with Crippen LogP contribution in [-0.2, 0) is 0 Å². The fourth-order valence-corrected chi connectivity index (χ4v) is 1.39. The van der Waals surface area contributed by atoms with Crippen LogP contribution >= 0.6 is 0 Å². The highest BCUT2D eigenvalue weighted by molar-refractivity contribution is 5.92. The van der Waals surface area contributed by atoms with Crippen molar-refractivity contribution in [2.45, 2.75) is 6.92 Å². The lowest BCUT2D eigenvalue weighted by Gasteiger charge is -1.95. The average Bonchev–Trinajstić information content (AvgIpc) is 2.77. The first-order valence-electron chi connectivity index (χ1n) is 4.75. The highest BCUT2D eigenvalue weighted by Gasteiger charge is 2.12. The molecule has 3 N–H and O–H groups in total. The SMILES string of the molecule is Cc1cccc(-c2cc(C(=O)NN)no2)c1. The van der Waals surface area contributed by atoms with Crippen LogP contribution in [0, 0.1) is 6.92 Å². The van der Waals surface area contributed by atoms with Gasteiger partial charge in [0.25, 0.3) is 5.91 Å². The molecule has 1 amide bonds. The molecule has 2 rings (SSSR count). The molecule has 0 bridgehead atoms. The van der Waals surface area contributed by atoms with E-state index in [2.05, 4.69) is 5.16 Å². The van der Waals surface area contributed by atoms with E-state index < -0.39 is 5.91 Å². The largest absolute Gasteiger partial charge is 0.355 e. The van der Waals surface area contributed by atoms with Crippen LogP contribution in [-0.4, -0.2) is 11.1 Å². The number of nitrogens with zero attached hydrogens (tertiary/aromatic N) is 1. The molecule has 0 unspecified atom stereocenters. The molecule has 2 aromatic rings. The van der Waals surface area contributed by atoms with Crippen LogP contribution in [0.3, 0.4) is 0 Å². The molecule has 0 atom stereocenters. The van der Waals surface area contributed by atoms with E-state index >= 15 is 0 Å². The number of aromatic nitrogens is 1. The van der Waals surface area contributed by atoms with Gasteiger partial charge in [0.2, 0.25) is 0 Å². The van der Waals surface area contributed by atoms with Gasteiger partial charge in [-0.2, -0.15) is 0 Å². The fourth-order valence-electron chi connectivity index (χ4n) is 1.39. The summed E-state index contributed by atoms with van der Waals surface area (Å²) in [6.45, 7) is 1.98. The number of carbonyl (C=O) groups excluding carboxylic acids is 1. The van der Waals surface area contributed by atoms with Crippen LogP contribution in [0.2, 0.25) is 0 Å². The summed E-state index contributed by atoms with van der Waals surface area (Å²) >= 11 is 0. The zero-order chi connectivity index (χ0) is 11.5. The minimum atomic E-state index is -0.470. The van der Waals surface area contributed by atoms with Crippen molar-refractivity contribution >= 4 is 5.91 Å². The van der Waals surface area contributed by atoms with E-state index in [-0.39, 0.29) is 5.69 Å². The summed E-state index contributed by atoms with van der Waals surface area (Å²) in [5.74, 6) is 5.07. The van der Waals surface area contributed by atoms with E-state index in [1.807, 2.05) is 36.6 Å². The van der Waals surface area contributed by atoms with Crippen LogP contribution in [0.4, 0.5) is 0 Å². The van der Waals surface area contributed by atoms with E-state index in [9.17, 15) is 4.79 Å². The van der Waals surface area contributed by atoms with Crippen molar-refractivity contribution < 1.29 is 9.32 Å². The number of nitrogen functional groups attached to an aromatic ring is 1. The minimum Gasteiger partial charge on any atom is -0.355 e. The first-order valence-corrected chi connectivity index (χ1v) is 4.75. The molecular weight excluding hydrogens is 206 g/mol. The lowest BCUT2D eigenvalue weighted by atomic mass is 10.1. The number of hydrogen-bond donors (Lipinski definition) is 2. The number of carbonyl (C=O) groups is 1. The van der Waals surface area contributed by atoms with Crippen molar-refractivity contribution in [3.63, 3.8) is 0 Å². The lowest BCUT2D eigenvalue weighted by molar-refractivity contribution is 0.0944. The maximum atomic E-state index is 11.2. The number of benzene rings is 1. The topological polar surface area (TPSA) is 81.2 Å². The summed E-state index contributed by atoms with van der Waals surface area (Å²) < 4.78 is 5.06. The van der Waals surface area contributed by atoms with Crippen LogP contribution in [0.1, 0.15) is 16.1 Å². The first kappa shape index (κ1) is 10.4. The monoisotopic (exact) mass is 217 g/mol. The van der Waals surface area contributed by atoms with Crippen LogP contribution in [0.5, 0.6) is 0 Å². The van der Waals surface area contributed by atoms with Gasteiger partial charge in [0.15, 0.2) is 11.5 Å². The van der Waals surface area contributed by atoms with Gasteiger partial charge in [0.05, 0.1) is 0 Å². The number of amides is 1. The van der Waals surface area contributed by atoms with E-state index in [0.29, 0.717) is 5.76 Å². The molecule has 0 aliphatic heterocycles. The van der Waals surface area contributed by atoms with Gasteiger partial charge >= 0.3 is 0 Å². The number of aryl methyl sites for hydroxylation is 1. The van der Waals surface area contributed by atoms with E-state index in [0.717, 1.165) is 11.1 Å². The van der Waals surface area contributed by atoms with Crippen molar-refractivity contribution in [1.29, 1.82) is 0 Å². The predicted octanol–water partition coefficient (Wildman–Crippen LogP) is 1.25. The molecule has 0 saturated carbocycles. The number of rotatable bonds is 2. The maximum Gasteiger partial charge on any atom is 0.287 e. The quantitative estimate of drug-likeness (QED) is 0.450. The van der Waals surface area contributed by atoms with Crippen molar-refractivity contribution in [1.82, 2.24) is 10.6 Å². The third-order valence-electron chi connectivity index (χ3n) is 2.18. The highest BCUT2D eigenvalue weighted by Crippen LogP contribution is 2.20. The Morgan fingerprint density at radius 3 is 2.94 bits per heavy atom. The van der Waals surface area contributed by atoms with E-state index in [1.165, 1.54) is 0 Å². The first-order chi connectivity index (χ1) is 7.70. The second-order valence-corrected chi connectivity index (χ2v) is 3.42. The normalized spacial score (nSPS) is 10.1. The fraction of sp³-hybridized carbons (Fsp3) is 0.0909. The minimum absolute atomic E-state index is 0.166. The van der Waals surface area contributed by atoms with Crippen molar-refractivity contribution in [2.75, 3.05) is 0 Å². The number of hydrogen-bond acceptors (Lipinski definition) is 4. The average molecular weight is 217 g/mol. The molecule has 82 valence electrons. The second-order valence-electron chi connectivity index (χ2n) is 3.42. The molecule has 5 heteroatoms. The molecule has 0 saturated heterocycles. The summed E-state index contributed by atoms with van der Waals surface area (Å²) in [6, 6.07) is 9.28. The van der Waals surface area contributed by atoms with Gasteiger partial charge in [-0.25, -0.2) is 5.84 Å². The molecule has 0 fully saturated rings. The Bertz CT molecular complexity index is 519. The standard InChI is InChI=1S/C11H11N3O2/c1-7-3-2-4-8(5-7)10-6-9(14-16-10)11(15)13-12/h2-6H,12H2,1H3,(H,13,15). The zero-order valence-electron chi connectivity index (χ0n) is 8.73.